The lowest BCUT2D eigenvalue weighted by Crippen LogP contribution is -2.37. The number of rotatable bonds is 0. The highest BCUT2D eigenvalue weighted by Gasteiger charge is 2.43. The summed E-state index contributed by atoms with van der Waals surface area (Å²) in [7, 11) is 0. The molecule has 0 aromatic heterocycles. The average Bonchev–Trinajstić information content (AvgIpc) is 2.61. The summed E-state index contributed by atoms with van der Waals surface area (Å²) in [6.45, 7) is 9.30. The second-order valence-corrected chi connectivity index (χ2v) is 8.21. The Bertz CT molecular complexity index is 947. The molecule has 122 valence electrons. The topological polar surface area (TPSA) is 20.2 Å². The summed E-state index contributed by atoms with van der Waals surface area (Å²) in [4.78, 5) is 0. The number of hydrogen-bond acceptors (Lipinski definition) is 1. The van der Waals surface area contributed by atoms with Crippen molar-refractivity contribution in [3.8, 4) is 16.9 Å². The summed E-state index contributed by atoms with van der Waals surface area (Å²) in [6, 6.07) is 18.9. The number of benzene rings is 3. The lowest BCUT2D eigenvalue weighted by Gasteiger charge is -2.42. The third-order valence-electron chi connectivity index (χ3n) is 6.31. The maximum Gasteiger partial charge on any atom is 0.123 e. The zero-order chi connectivity index (χ0) is 17.1. The normalized spacial score (nSPS) is 17.8. The van der Waals surface area contributed by atoms with E-state index in [4.69, 9.17) is 0 Å². The largest absolute Gasteiger partial charge is 0.507 e. The van der Waals surface area contributed by atoms with Gasteiger partial charge in [0.05, 0.1) is 0 Å². The van der Waals surface area contributed by atoms with Gasteiger partial charge in [-0.1, -0.05) is 76.2 Å². The van der Waals surface area contributed by atoms with E-state index in [-0.39, 0.29) is 10.8 Å². The standard InChI is InChI=1S/C23H24O/c1-22(2)14-15-9-5-6-10-16(15)21-18-12-8-7-11-17(18)20(24)13-19(21)23(22,3)4/h5-13,24H,14H2,1-4H3. The fraction of sp³-hybridized carbons (Fsp3) is 0.304. The molecule has 24 heavy (non-hydrogen) atoms. The summed E-state index contributed by atoms with van der Waals surface area (Å²) < 4.78 is 0. The van der Waals surface area contributed by atoms with E-state index in [1.807, 2.05) is 18.2 Å². The fourth-order valence-corrected chi connectivity index (χ4v) is 4.12. The summed E-state index contributed by atoms with van der Waals surface area (Å²) in [6.07, 6.45) is 1.03. The molecule has 1 heteroatoms. The molecule has 1 nitrogen and oxygen atoms in total. The Morgan fingerprint density at radius 1 is 0.833 bits per heavy atom. The van der Waals surface area contributed by atoms with Crippen LogP contribution in [-0.4, -0.2) is 5.11 Å². The van der Waals surface area contributed by atoms with Crippen molar-refractivity contribution in [1.29, 1.82) is 0 Å². The summed E-state index contributed by atoms with van der Waals surface area (Å²) in [5.74, 6) is 0.382. The van der Waals surface area contributed by atoms with Crippen LogP contribution >= 0.6 is 0 Å². The molecule has 0 atom stereocenters. The van der Waals surface area contributed by atoms with Crippen LogP contribution in [0.2, 0.25) is 0 Å². The first kappa shape index (κ1) is 15.3. The van der Waals surface area contributed by atoms with E-state index in [9.17, 15) is 5.11 Å². The zero-order valence-corrected chi connectivity index (χ0v) is 14.9. The molecule has 0 saturated carbocycles. The molecule has 0 unspecified atom stereocenters. The molecule has 0 bridgehead atoms. The Morgan fingerprint density at radius 2 is 1.46 bits per heavy atom. The molecule has 0 spiro atoms. The molecule has 0 amide bonds. The SMILES string of the molecule is CC1(C)Cc2ccccc2-c2c(cc(O)c3ccccc23)C1(C)C. The number of phenolic OH excluding ortho intramolecular Hbond substituents is 1. The molecule has 3 aromatic rings. The third-order valence-corrected chi connectivity index (χ3v) is 6.31. The van der Waals surface area contributed by atoms with E-state index in [0.29, 0.717) is 5.75 Å². The number of aromatic hydroxyl groups is 1. The predicted octanol–water partition coefficient (Wildman–Crippen LogP) is 6.07. The second kappa shape index (κ2) is 4.86. The minimum atomic E-state index is -0.0527. The second-order valence-electron chi connectivity index (χ2n) is 8.21. The smallest absolute Gasteiger partial charge is 0.123 e. The molecular formula is C23H24O. The highest BCUT2D eigenvalue weighted by molar-refractivity contribution is 6.02. The first-order valence-corrected chi connectivity index (χ1v) is 8.66. The highest BCUT2D eigenvalue weighted by atomic mass is 16.3. The van der Waals surface area contributed by atoms with Crippen molar-refractivity contribution in [2.24, 2.45) is 5.41 Å². The van der Waals surface area contributed by atoms with E-state index < -0.39 is 0 Å². The van der Waals surface area contributed by atoms with Gasteiger partial charge < -0.3 is 5.11 Å². The van der Waals surface area contributed by atoms with Crippen LogP contribution < -0.4 is 0 Å². The van der Waals surface area contributed by atoms with Crippen LogP contribution in [0.25, 0.3) is 21.9 Å². The van der Waals surface area contributed by atoms with Gasteiger partial charge in [0.2, 0.25) is 0 Å². The van der Waals surface area contributed by atoms with Gasteiger partial charge in [-0.3, -0.25) is 0 Å². The van der Waals surface area contributed by atoms with E-state index in [1.165, 1.54) is 22.3 Å². The van der Waals surface area contributed by atoms with Gasteiger partial charge in [-0.2, -0.15) is 0 Å². The zero-order valence-electron chi connectivity index (χ0n) is 14.9. The number of phenols is 1. The first-order valence-electron chi connectivity index (χ1n) is 8.66. The molecule has 0 radical (unpaired) electrons. The van der Waals surface area contributed by atoms with Crippen molar-refractivity contribution in [2.75, 3.05) is 0 Å². The molecular weight excluding hydrogens is 292 g/mol. The van der Waals surface area contributed by atoms with Gasteiger partial charge in [0, 0.05) is 5.39 Å². The molecule has 1 aliphatic rings. The molecule has 0 heterocycles. The van der Waals surface area contributed by atoms with Crippen molar-refractivity contribution in [3.05, 3.63) is 65.7 Å². The van der Waals surface area contributed by atoms with Gasteiger partial charge >= 0.3 is 0 Å². The molecule has 3 aromatic carbocycles. The summed E-state index contributed by atoms with van der Waals surface area (Å²) >= 11 is 0. The monoisotopic (exact) mass is 316 g/mol. The fourth-order valence-electron chi connectivity index (χ4n) is 4.12. The van der Waals surface area contributed by atoms with E-state index in [0.717, 1.165) is 17.2 Å². The summed E-state index contributed by atoms with van der Waals surface area (Å²) in [5.41, 5.74) is 5.27. The van der Waals surface area contributed by atoms with Crippen LogP contribution in [0.1, 0.15) is 38.8 Å². The van der Waals surface area contributed by atoms with E-state index >= 15 is 0 Å². The van der Waals surface area contributed by atoms with Crippen molar-refractivity contribution in [3.63, 3.8) is 0 Å². The van der Waals surface area contributed by atoms with Crippen LogP contribution in [0.3, 0.4) is 0 Å². The van der Waals surface area contributed by atoms with Gasteiger partial charge in [-0.15, -0.1) is 0 Å². The molecule has 0 saturated heterocycles. The lowest BCUT2D eigenvalue weighted by molar-refractivity contribution is 0.198. The van der Waals surface area contributed by atoms with Crippen molar-refractivity contribution in [2.45, 2.75) is 39.5 Å². The van der Waals surface area contributed by atoms with Gasteiger partial charge in [0.1, 0.15) is 5.75 Å². The summed E-state index contributed by atoms with van der Waals surface area (Å²) in [5, 5.41) is 12.7. The third kappa shape index (κ3) is 1.94. The van der Waals surface area contributed by atoms with Crippen molar-refractivity contribution in [1.82, 2.24) is 0 Å². The minimum Gasteiger partial charge on any atom is -0.507 e. The molecule has 4 rings (SSSR count). The lowest BCUT2D eigenvalue weighted by atomic mass is 9.62. The Hall–Kier alpha value is -2.28. The molecule has 1 N–H and O–H groups in total. The van der Waals surface area contributed by atoms with Crippen molar-refractivity contribution >= 4 is 10.8 Å². The van der Waals surface area contributed by atoms with Gasteiger partial charge in [0.15, 0.2) is 0 Å². The van der Waals surface area contributed by atoms with Gasteiger partial charge in [0.25, 0.3) is 0 Å². The predicted molar refractivity (Wildman–Crippen MR) is 102 cm³/mol. The number of hydrogen-bond donors (Lipinski definition) is 1. The molecule has 0 fully saturated rings. The van der Waals surface area contributed by atoms with E-state index in [2.05, 4.69) is 64.1 Å². The first-order chi connectivity index (χ1) is 11.3. The van der Waals surface area contributed by atoms with Crippen LogP contribution in [-0.2, 0) is 11.8 Å². The Labute approximate surface area is 144 Å². The van der Waals surface area contributed by atoms with Gasteiger partial charge in [-0.25, -0.2) is 0 Å². The van der Waals surface area contributed by atoms with Crippen LogP contribution in [0, 0.1) is 5.41 Å². The van der Waals surface area contributed by atoms with Crippen LogP contribution in [0.4, 0.5) is 0 Å². The van der Waals surface area contributed by atoms with Crippen molar-refractivity contribution < 1.29 is 5.11 Å². The highest BCUT2D eigenvalue weighted by Crippen LogP contribution is 2.53. The van der Waals surface area contributed by atoms with Crippen LogP contribution in [0.5, 0.6) is 5.75 Å². The Morgan fingerprint density at radius 3 is 2.21 bits per heavy atom. The number of fused-ring (bicyclic) bond motifs is 5. The maximum absolute atomic E-state index is 10.7. The minimum absolute atomic E-state index is 0.0527. The van der Waals surface area contributed by atoms with Crippen LogP contribution in [0.15, 0.2) is 54.6 Å². The van der Waals surface area contributed by atoms with Gasteiger partial charge in [-0.05, 0) is 51.0 Å². The maximum atomic E-state index is 10.7. The quantitative estimate of drug-likeness (QED) is 0.533. The Balaban J connectivity index is 2.24. The average molecular weight is 316 g/mol. The van der Waals surface area contributed by atoms with E-state index in [1.54, 1.807) is 0 Å². The Kier molecular flexibility index (Phi) is 3.09. The molecule has 1 aliphatic carbocycles. The molecule has 0 aliphatic heterocycles.